The normalized spacial score (nSPS) is 12.3. The summed E-state index contributed by atoms with van der Waals surface area (Å²) in [6.45, 7) is 4.57. The lowest BCUT2D eigenvalue weighted by Crippen LogP contribution is -2.26. The highest BCUT2D eigenvalue weighted by Crippen LogP contribution is 2.31. The fourth-order valence-corrected chi connectivity index (χ4v) is 4.84. The van der Waals surface area contributed by atoms with Crippen molar-refractivity contribution in [3.63, 3.8) is 0 Å². The molecule has 2 atom stereocenters. The molecule has 2 heterocycles. The average molecular weight is 646 g/mol. The van der Waals surface area contributed by atoms with Crippen LogP contribution in [0.25, 0.3) is 33.5 Å². The zero-order valence-corrected chi connectivity index (χ0v) is 25.7. The zero-order valence-electron chi connectivity index (χ0n) is 25.7. The number of nitrogens with one attached hydrogen (secondary N) is 1. The maximum Gasteiger partial charge on any atom is 0.343 e. The number of aromatic amines is 1. The number of H-pyrrole nitrogens is 1. The first kappa shape index (κ1) is 32.5. The van der Waals surface area contributed by atoms with Crippen LogP contribution in [0, 0.1) is 10.1 Å². The molecule has 16 heteroatoms. The van der Waals surface area contributed by atoms with E-state index in [9.17, 15) is 19.7 Å². The first-order chi connectivity index (χ1) is 22.7. The predicted octanol–water partition coefficient (Wildman–Crippen LogP) is 3.99. The molecule has 47 heavy (non-hydrogen) atoms. The van der Waals surface area contributed by atoms with Crippen molar-refractivity contribution in [1.82, 2.24) is 30.2 Å². The van der Waals surface area contributed by atoms with Gasteiger partial charge in [-0.25, -0.2) is 9.59 Å². The molecule has 5 aromatic rings. The molecule has 2 aromatic heterocycles. The fourth-order valence-electron chi connectivity index (χ4n) is 4.84. The summed E-state index contributed by atoms with van der Waals surface area (Å²) in [6, 6.07) is 21.0. The number of hydrogen-bond donors (Lipinski definition) is 1. The zero-order chi connectivity index (χ0) is 33.3. The molecule has 2 unspecified atom stereocenters. The molecule has 244 valence electrons. The Kier molecular flexibility index (Phi) is 10.3. The Morgan fingerprint density at radius 1 is 1.00 bits per heavy atom. The third-order valence-electron chi connectivity index (χ3n) is 6.75. The molecule has 0 spiro atoms. The Bertz CT molecular complexity index is 1840. The summed E-state index contributed by atoms with van der Waals surface area (Å²) in [4.78, 5) is 44.8. The molecule has 5 rings (SSSR count). The highest BCUT2D eigenvalue weighted by Gasteiger charge is 2.23. The van der Waals surface area contributed by atoms with Crippen molar-refractivity contribution in [2.75, 3.05) is 19.8 Å². The minimum absolute atomic E-state index is 0.191. The lowest BCUT2D eigenvalue weighted by atomic mass is 9.98. The number of rotatable bonds is 15. The van der Waals surface area contributed by atoms with Gasteiger partial charge in [-0.1, -0.05) is 54.6 Å². The lowest BCUT2D eigenvalue weighted by Gasteiger charge is -2.16. The first-order valence-corrected chi connectivity index (χ1v) is 14.6. The van der Waals surface area contributed by atoms with Gasteiger partial charge in [0.1, 0.15) is 12.7 Å². The van der Waals surface area contributed by atoms with Crippen LogP contribution in [0.15, 0.2) is 66.7 Å². The summed E-state index contributed by atoms with van der Waals surface area (Å²) in [5, 5.41) is 23.8. The molecule has 0 radical (unpaired) electrons. The van der Waals surface area contributed by atoms with E-state index < -0.39 is 36.0 Å². The van der Waals surface area contributed by atoms with Crippen LogP contribution < -0.4 is 4.74 Å². The number of tetrazole rings is 1. The van der Waals surface area contributed by atoms with Gasteiger partial charge in [-0.2, -0.15) is 10.2 Å². The quantitative estimate of drug-likeness (QED) is 0.0743. The van der Waals surface area contributed by atoms with E-state index in [0.29, 0.717) is 36.0 Å². The Morgan fingerprint density at radius 2 is 1.77 bits per heavy atom. The highest BCUT2D eigenvalue weighted by molar-refractivity contribution is 6.02. The molecule has 0 fully saturated rings. The van der Waals surface area contributed by atoms with Crippen LogP contribution in [0.5, 0.6) is 6.01 Å². The van der Waals surface area contributed by atoms with E-state index in [4.69, 9.17) is 18.9 Å². The van der Waals surface area contributed by atoms with Gasteiger partial charge in [-0.05, 0) is 47.9 Å². The van der Waals surface area contributed by atoms with Gasteiger partial charge in [-0.15, -0.1) is 20.3 Å². The number of benzene rings is 3. The smallest absolute Gasteiger partial charge is 0.343 e. The van der Waals surface area contributed by atoms with E-state index in [2.05, 4.69) is 30.4 Å². The van der Waals surface area contributed by atoms with Gasteiger partial charge >= 0.3 is 11.9 Å². The summed E-state index contributed by atoms with van der Waals surface area (Å²) in [7, 11) is 0. The fraction of sp³-hybridized carbons (Fsp3) is 0.290. The second kappa shape index (κ2) is 14.9. The third kappa shape index (κ3) is 8.04. The monoisotopic (exact) mass is 645 g/mol. The molecule has 3 aromatic carbocycles. The number of carbonyl (C=O) groups excluding carboxylic acids is 2. The third-order valence-corrected chi connectivity index (χ3v) is 6.75. The first-order valence-electron chi connectivity index (χ1n) is 14.6. The molecule has 16 nitrogen and oxygen atoms in total. The number of aromatic nitrogens is 6. The van der Waals surface area contributed by atoms with Crippen molar-refractivity contribution in [3.8, 4) is 28.5 Å². The molecular formula is C31H31N7O9. The Morgan fingerprint density at radius 3 is 2.47 bits per heavy atom. The van der Waals surface area contributed by atoms with E-state index >= 15 is 0 Å². The second-order valence-corrected chi connectivity index (χ2v) is 10.2. The second-order valence-electron chi connectivity index (χ2n) is 10.2. The molecule has 0 saturated heterocycles. The van der Waals surface area contributed by atoms with Crippen molar-refractivity contribution >= 4 is 23.0 Å². The summed E-state index contributed by atoms with van der Waals surface area (Å²) in [6.07, 6.45) is -2.13. The van der Waals surface area contributed by atoms with E-state index in [1.165, 1.54) is 13.8 Å². The minimum Gasteiger partial charge on any atom is -0.465 e. The van der Waals surface area contributed by atoms with Crippen LogP contribution in [-0.4, -0.2) is 79.4 Å². The maximum absolute atomic E-state index is 13.3. The molecule has 0 aliphatic heterocycles. The Labute approximate surface area is 267 Å². The van der Waals surface area contributed by atoms with Gasteiger partial charge in [0.25, 0.3) is 11.1 Å². The molecule has 0 aliphatic carbocycles. The SMILES string of the molecule is CCOc1nc2cccc(C(=O)OC(C)OC(=O)COCC(C)O[N+](=O)[O-])c2n1Cc1ccc(-c2ccccc2-c2nn[nH]n2)cc1. The lowest BCUT2D eigenvalue weighted by molar-refractivity contribution is -0.768. The Balaban J connectivity index is 1.32. The summed E-state index contributed by atoms with van der Waals surface area (Å²) in [5.41, 5.74) is 4.82. The number of ether oxygens (including phenoxy) is 4. The van der Waals surface area contributed by atoms with Gasteiger partial charge in [0.15, 0.2) is 0 Å². The van der Waals surface area contributed by atoms with Crippen LogP contribution in [0.3, 0.4) is 0 Å². The van der Waals surface area contributed by atoms with Gasteiger partial charge in [-0.3, -0.25) is 4.57 Å². The van der Waals surface area contributed by atoms with Crippen molar-refractivity contribution in [2.45, 2.75) is 39.7 Å². The number of imidazole rings is 1. The van der Waals surface area contributed by atoms with Crippen molar-refractivity contribution < 1.29 is 38.5 Å². The van der Waals surface area contributed by atoms with Crippen LogP contribution in [0.2, 0.25) is 0 Å². The molecule has 1 N–H and O–H groups in total. The van der Waals surface area contributed by atoms with Crippen LogP contribution >= 0.6 is 0 Å². The summed E-state index contributed by atoms with van der Waals surface area (Å²) >= 11 is 0. The maximum atomic E-state index is 13.3. The van der Waals surface area contributed by atoms with E-state index in [0.717, 1.165) is 22.3 Å². The number of hydrogen-bond acceptors (Lipinski definition) is 13. The van der Waals surface area contributed by atoms with Gasteiger partial charge in [0.2, 0.25) is 12.1 Å². The predicted molar refractivity (Wildman–Crippen MR) is 164 cm³/mol. The van der Waals surface area contributed by atoms with E-state index in [1.807, 2.05) is 55.5 Å². The average Bonchev–Trinajstić information content (AvgIpc) is 3.70. The van der Waals surface area contributed by atoms with Crippen LogP contribution in [0.4, 0.5) is 0 Å². The molecule has 0 saturated carbocycles. The van der Waals surface area contributed by atoms with Crippen molar-refractivity contribution in [2.24, 2.45) is 0 Å². The van der Waals surface area contributed by atoms with Gasteiger partial charge in [0, 0.05) is 12.5 Å². The van der Waals surface area contributed by atoms with Gasteiger partial charge < -0.3 is 23.8 Å². The summed E-state index contributed by atoms with van der Waals surface area (Å²) in [5.74, 6) is -1.09. The molecule has 0 amide bonds. The van der Waals surface area contributed by atoms with E-state index in [-0.39, 0.29) is 12.2 Å². The van der Waals surface area contributed by atoms with Crippen LogP contribution in [0.1, 0.15) is 36.7 Å². The molecule has 0 bridgehead atoms. The number of nitrogens with zero attached hydrogens (tertiary/aromatic N) is 6. The summed E-state index contributed by atoms with van der Waals surface area (Å²) < 4.78 is 23.3. The molecule has 0 aliphatic rings. The Hall–Kier alpha value is -5.90. The highest BCUT2D eigenvalue weighted by atomic mass is 17.0. The largest absolute Gasteiger partial charge is 0.465 e. The number of fused-ring (bicyclic) bond motifs is 1. The van der Waals surface area contributed by atoms with Crippen LogP contribution in [-0.2, 0) is 30.4 Å². The van der Waals surface area contributed by atoms with E-state index in [1.54, 1.807) is 22.8 Å². The van der Waals surface area contributed by atoms with Crippen molar-refractivity contribution in [3.05, 3.63) is 88.0 Å². The number of esters is 2. The molecular weight excluding hydrogens is 614 g/mol. The minimum atomic E-state index is -1.26. The standard InChI is InChI=1S/C31H31N7O9/c1-4-44-31-32-26-11-7-10-25(30(40)46-20(3)45-27(39)18-43-17-19(2)47-38(41)42)28(26)37(31)16-21-12-14-22(15-13-21)23-8-5-6-9-24(23)29-33-35-36-34-29/h5-15,19-20H,4,16-18H2,1-3H3,(H,33,34,35,36). The van der Waals surface area contributed by atoms with Gasteiger partial charge in [0.05, 0.1) is 36.4 Å². The van der Waals surface area contributed by atoms with Crippen molar-refractivity contribution in [1.29, 1.82) is 0 Å². The number of para-hydroxylation sites is 1. The number of carbonyl (C=O) groups is 2. The topological polar surface area (TPSA) is 196 Å².